The summed E-state index contributed by atoms with van der Waals surface area (Å²) in [4.78, 5) is 0. The number of hydrogen-bond donors (Lipinski definition) is 0. The van der Waals surface area contributed by atoms with Gasteiger partial charge in [-0.1, -0.05) is 72.8 Å². The average molecular weight is 313 g/mol. The van der Waals surface area contributed by atoms with E-state index in [9.17, 15) is 0 Å². The van der Waals surface area contributed by atoms with Crippen molar-refractivity contribution in [3.05, 3.63) is 90.5 Å². The number of ether oxygens (including phenoxy) is 1. The van der Waals surface area contributed by atoms with Gasteiger partial charge >= 0.3 is 0 Å². The Morgan fingerprint density at radius 2 is 1.50 bits per heavy atom. The van der Waals surface area contributed by atoms with Crippen molar-refractivity contribution < 1.29 is 4.74 Å². The fraction of sp³-hybridized carbons (Fsp3) is 0.0909. The van der Waals surface area contributed by atoms with Crippen LogP contribution in [0.1, 0.15) is 5.56 Å². The van der Waals surface area contributed by atoms with Crippen molar-refractivity contribution >= 4 is 10.9 Å². The Morgan fingerprint density at radius 3 is 2.21 bits per heavy atom. The summed E-state index contributed by atoms with van der Waals surface area (Å²) in [5.74, 6) is 0.908. The molecule has 0 N–H and O–H groups in total. The molecule has 0 saturated carbocycles. The van der Waals surface area contributed by atoms with Crippen LogP contribution in [0, 0.1) is 0 Å². The van der Waals surface area contributed by atoms with Crippen LogP contribution in [-0.2, 0) is 6.54 Å². The number of aromatic nitrogens is 1. The molecular formula is C22H19NO. The van der Waals surface area contributed by atoms with E-state index in [4.69, 9.17) is 4.74 Å². The number of nitrogens with zero attached hydrogens (tertiary/aromatic N) is 1. The van der Waals surface area contributed by atoms with Crippen LogP contribution >= 0.6 is 0 Å². The zero-order valence-electron chi connectivity index (χ0n) is 13.6. The number of rotatable bonds is 4. The van der Waals surface area contributed by atoms with Crippen LogP contribution < -0.4 is 4.74 Å². The summed E-state index contributed by atoms with van der Waals surface area (Å²) in [7, 11) is 1.73. The highest BCUT2D eigenvalue weighted by molar-refractivity contribution is 5.91. The highest BCUT2D eigenvalue weighted by atomic mass is 16.5. The lowest BCUT2D eigenvalue weighted by atomic mass is 10.1. The van der Waals surface area contributed by atoms with Crippen molar-refractivity contribution in [1.29, 1.82) is 0 Å². The topological polar surface area (TPSA) is 14.2 Å². The lowest BCUT2D eigenvalue weighted by Crippen LogP contribution is -2.02. The first-order valence-corrected chi connectivity index (χ1v) is 8.12. The third kappa shape index (κ3) is 2.56. The molecule has 0 unspecified atom stereocenters. The quantitative estimate of drug-likeness (QED) is 0.494. The summed E-state index contributed by atoms with van der Waals surface area (Å²) in [6.45, 7) is 0.814. The molecule has 0 aliphatic rings. The van der Waals surface area contributed by atoms with Gasteiger partial charge in [-0.25, -0.2) is 0 Å². The van der Waals surface area contributed by atoms with Gasteiger partial charge in [-0.15, -0.1) is 0 Å². The number of para-hydroxylation sites is 1. The summed E-state index contributed by atoms with van der Waals surface area (Å²) in [6.07, 6.45) is 0. The molecule has 0 amide bonds. The summed E-state index contributed by atoms with van der Waals surface area (Å²) in [6, 6.07) is 29.5. The van der Waals surface area contributed by atoms with E-state index in [0.29, 0.717) is 0 Å². The first-order chi connectivity index (χ1) is 11.9. The molecule has 0 aliphatic heterocycles. The van der Waals surface area contributed by atoms with Crippen LogP contribution in [0.4, 0.5) is 0 Å². The molecule has 0 bridgehead atoms. The fourth-order valence-corrected chi connectivity index (χ4v) is 3.23. The molecule has 24 heavy (non-hydrogen) atoms. The smallest absolute Gasteiger partial charge is 0.143 e. The predicted octanol–water partition coefficient (Wildman–Crippen LogP) is 5.37. The Hall–Kier alpha value is -3.00. The van der Waals surface area contributed by atoms with Crippen molar-refractivity contribution in [2.45, 2.75) is 6.54 Å². The molecular weight excluding hydrogens is 294 g/mol. The molecule has 0 atom stereocenters. The van der Waals surface area contributed by atoms with Gasteiger partial charge in [0, 0.05) is 17.6 Å². The van der Waals surface area contributed by atoms with Gasteiger partial charge in [0.25, 0.3) is 0 Å². The summed E-state index contributed by atoms with van der Waals surface area (Å²) < 4.78 is 7.98. The highest BCUT2D eigenvalue weighted by Crippen LogP contribution is 2.34. The standard InChI is InChI=1S/C22H19NO/c1-24-21-14-8-13-19-15-20(18-11-6-3-7-12-18)23(22(19)21)16-17-9-4-2-5-10-17/h2-15H,16H2,1H3. The van der Waals surface area contributed by atoms with Gasteiger partial charge in [-0.05, 0) is 23.3 Å². The van der Waals surface area contributed by atoms with Crippen molar-refractivity contribution in [1.82, 2.24) is 4.57 Å². The molecule has 1 heterocycles. The van der Waals surface area contributed by atoms with E-state index in [-0.39, 0.29) is 0 Å². The van der Waals surface area contributed by atoms with Gasteiger partial charge in [0.1, 0.15) is 5.75 Å². The van der Waals surface area contributed by atoms with E-state index in [1.807, 2.05) is 18.2 Å². The lowest BCUT2D eigenvalue weighted by molar-refractivity contribution is 0.417. The van der Waals surface area contributed by atoms with Crippen LogP contribution in [0.25, 0.3) is 22.2 Å². The zero-order chi connectivity index (χ0) is 16.4. The third-order valence-corrected chi connectivity index (χ3v) is 4.36. The molecule has 0 aliphatic carbocycles. The second-order valence-corrected chi connectivity index (χ2v) is 5.87. The second-order valence-electron chi connectivity index (χ2n) is 5.87. The average Bonchev–Trinajstić information content (AvgIpc) is 3.02. The van der Waals surface area contributed by atoms with Gasteiger partial charge < -0.3 is 9.30 Å². The maximum atomic E-state index is 5.63. The van der Waals surface area contributed by atoms with Crippen LogP contribution in [-0.4, -0.2) is 11.7 Å². The number of methoxy groups -OCH3 is 1. The van der Waals surface area contributed by atoms with E-state index in [2.05, 4.69) is 71.3 Å². The highest BCUT2D eigenvalue weighted by Gasteiger charge is 2.14. The van der Waals surface area contributed by atoms with Gasteiger partial charge in [0.15, 0.2) is 0 Å². The minimum atomic E-state index is 0.814. The van der Waals surface area contributed by atoms with Gasteiger partial charge in [0.05, 0.1) is 12.6 Å². The molecule has 4 aromatic rings. The Bertz CT molecular complexity index is 955. The van der Waals surface area contributed by atoms with E-state index >= 15 is 0 Å². The minimum Gasteiger partial charge on any atom is -0.495 e. The van der Waals surface area contributed by atoms with Crippen LogP contribution in [0.2, 0.25) is 0 Å². The largest absolute Gasteiger partial charge is 0.495 e. The fourth-order valence-electron chi connectivity index (χ4n) is 3.23. The maximum absolute atomic E-state index is 5.63. The molecule has 0 radical (unpaired) electrons. The Labute approximate surface area is 141 Å². The third-order valence-electron chi connectivity index (χ3n) is 4.36. The van der Waals surface area contributed by atoms with Crippen LogP contribution in [0.5, 0.6) is 5.75 Å². The molecule has 1 aromatic heterocycles. The Kier molecular flexibility index (Phi) is 3.80. The Balaban J connectivity index is 1.96. The SMILES string of the molecule is COc1cccc2cc(-c3ccccc3)n(Cc3ccccc3)c12. The molecule has 4 rings (SSSR count). The Morgan fingerprint density at radius 1 is 0.792 bits per heavy atom. The van der Waals surface area contributed by atoms with Gasteiger partial charge in [-0.2, -0.15) is 0 Å². The number of fused-ring (bicyclic) bond motifs is 1. The molecule has 0 fully saturated rings. The van der Waals surface area contributed by atoms with Crippen molar-refractivity contribution in [2.24, 2.45) is 0 Å². The van der Waals surface area contributed by atoms with E-state index in [0.717, 1.165) is 17.8 Å². The van der Waals surface area contributed by atoms with Crippen LogP contribution in [0.15, 0.2) is 84.9 Å². The molecule has 2 heteroatoms. The molecule has 118 valence electrons. The monoisotopic (exact) mass is 313 g/mol. The van der Waals surface area contributed by atoms with Gasteiger partial charge in [-0.3, -0.25) is 0 Å². The first-order valence-electron chi connectivity index (χ1n) is 8.12. The zero-order valence-corrected chi connectivity index (χ0v) is 13.6. The van der Waals surface area contributed by atoms with E-state index < -0.39 is 0 Å². The molecule has 0 spiro atoms. The van der Waals surface area contributed by atoms with Crippen molar-refractivity contribution in [3.8, 4) is 17.0 Å². The van der Waals surface area contributed by atoms with Crippen molar-refractivity contribution in [2.75, 3.05) is 7.11 Å². The lowest BCUT2D eigenvalue weighted by Gasteiger charge is -2.13. The second kappa shape index (κ2) is 6.25. The summed E-state index contributed by atoms with van der Waals surface area (Å²) in [5, 5.41) is 1.20. The summed E-state index contributed by atoms with van der Waals surface area (Å²) >= 11 is 0. The normalized spacial score (nSPS) is 10.9. The molecule has 2 nitrogen and oxygen atoms in total. The number of benzene rings is 3. The first kappa shape index (κ1) is 14.6. The van der Waals surface area contributed by atoms with Crippen molar-refractivity contribution in [3.63, 3.8) is 0 Å². The number of hydrogen-bond acceptors (Lipinski definition) is 1. The van der Waals surface area contributed by atoms with E-state index in [1.54, 1.807) is 7.11 Å². The van der Waals surface area contributed by atoms with Gasteiger partial charge in [0.2, 0.25) is 0 Å². The predicted molar refractivity (Wildman–Crippen MR) is 99.5 cm³/mol. The summed E-state index contributed by atoms with van der Waals surface area (Å²) in [5.41, 5.74) is 4.84. The van der Waals surface area contributed by atoms with Crippen LogP contribution in [0.3, 0.4) is 0 Å². The molecule has 0 saturated heterocycles. The molecule has 3 aromatic carbocycles. The minimum absolute atomic E-state index is 0.814. The maximum Gasteiger partial charge on any atom is 0.143 e. The van der Waals surface area contributed by atoms with E-state index in [1.165, 1.54) is 22.2 Å².